The zero-order valence-corrected chi connectivity index (χ0v) is 18.0. The van der Waals surface area contributed by atoms with Crippen LogP contribution in [0.2, 0.25) is 0 Å². The van der Waals surface area contributed by atoms with Crippen LogP contribution < -0.4 is 10.7 Å². The van der Waals surface area contributed by atoms with E-state index in [9.17, 15) is 14.4 Å². The summed E-state index contributed by atoms with van der Waals surface area (Å²) in [6.07, 6.45) is 1.44. The van der Waals surface area contributed by atoms with Gasteiger partial charge in [-0.2, -0.15) is 5.01 Å². The topological polar surface area (TPSA) is 96.3 Å². The van der Waals surface area contributed by atoms with Crippen molar-refractivity contribution in [3.05, 3.63) is 24.3 Å². The average molecular weight is 418 g/mol. The van der Waals surface area contributed by atoms with Crippen LogP contribution in [0.15, 0.2) is 29.4 Å². The van der Waals surface area contributed by atoms with Crippen molar-refractivity contribution in [1.82, 2.24) is 25.3 Å². The van der Waals surface area contributed by atoms with E-state index in [4.69, 9.17) is 0 Å². The summed E-state index contributed by atoms with van der Waals surface area (Å²) in [6, 6.07) is 7.27. The van der Waals surface area contributed by atoms with E-state index in [1.807, 2.05) is 24.3 Å². The lowest BCUT2D eigenvalue weighted by molar-refractivity contribution is -0.137. The molecule has 0 unspecified atom stereocenters. The van der Waals surface area contributed by atoms with E-state index in [0.29, 0.717) is 12.3 Å². The number of amides is 4. The number of imidazole rings is 1. The summed E-state index contributed by atoms with van der Waals surface area (Å²) in [4.78, 5) is 41.5. The van der Waals surface area contributed by atoms with E-state index in [-0.39, 0.29) is 5.75 Å². The fourth-order valence-corrected chi connectivity index (χ4v) is 3.91. The van der Waals surface area contributed by atoms with Gasteiger partial charge in [0.2, 0.25) is 5.91 Å². The van der Waals surface area contributed by atoms with Crippen LogP contribution in [0, 0.1) is 5.92 Å². The number of para-hydroxylation sites is 2. The van der Waals surface area contributed by atoms with E-state index >= 15 is 0 Å². The lowest BCUT2D eigenvalue weighted by Gasteiger charge is -2.19. The van der Waals surface area contributed by atoms with Gasteiger partial charge in [0.05, 0.1) is 16.8 Å². The fraction of sp³-hybridized carbons (Fsp3) is 0.500. The first kappa shape index (κ1) is 21.2. The summed E-state index contributed by atoms with van der Waals surface area (Å²) < 4.78 is 2.12. The van der Waals surface area contributed by atoms with Gasteiger partial charge in [-0.3, -0.25) is 15.0 Å². The molecule has 4 amide bonds. The van der Waals surface area contributed by atoms with Crippen LogP contribution in [0.3, 0.4) is 0 Å². The molecule has 0 radical (unpaired) electrons. The fourth-order valence-electron chi connectivity index (χ4n) is 3.08. The molecule has 1 aromatic carbocycles. The first-order valence-electron chi connectivity index (χ1n) is 9.79. The van der Waals surface area contributed by atoms with E-state index in [1.54, 1.807) is 13.8 Å². The number of hydrazine groups is 1. The van der Waals surface area contributed by atoms with Crippen molar-refractivity contribution in [1.29, 1.82) is 0 Å². The maximum Gasteiger partial charge on any atom is 0.344 e. The third kappa shape index (κ3) is 4.39. The molecule has 2 aromatic rings. The van der Waals surface area contributed by atoms with Crippen LogP contribution in [0.5, 0.6) is 0 Å². The smallest absolute Gasteiger partial charge is 0.322 e. The maximum atomic E-state index is 12.4. The number of nitrogens with zero attached hydrogens (tertiary/aromatic N) is 3. The predicted molar refractivity (Wildman–Crippen MR) is 112 cm³/mol. The number of benzene rings is 1. The molecule has 1 aliphatic heterocycles. The molecule has 9 heteroatoms. The number of carbonyl (C=O) groups is 3. The number of hydrogen-bond donors (Lipinski definition) is 2. The molecule has 1 aromatic heterocycles. The summed E-state index contributed by atoms with van der Waals surface area (Å²) in [6.45, 7) is 8.60. The van der Waals surface area contributed by atoms with Crippen molar-refractivity contribution in [2.75, 3.05) is 5.75 Å². The van der Waals surface area contributed by atoms with Gasteiger partial charge in [0.1, 0.15) is 5.54 Å². The van der Waals surface area contributed by atoms with Gasteiger partial charge in [-0.25, -0.2) is 9.78 Å². The van der Waals surface area contributed by atoms with E-state index in [2.05, 4.69) is 34.1 Å². The SMILES string of the molecule is CC[C@@]1(C)NC(=O)N(NC(=O)CSc2nc3ccccc3n2CCC(C)C)C1=O. The van der Waals surface area contributed by atoms with Crippen molar-refractivity contribution in [2.24, 2.45) is 5.92 Å². The van der Waals surface area contributed by atoms with Crippen LogP contribution in [-0.2, 0) is 16.1 Å². The monoisotopic (exact) mass is 417 g/mol. The molecule has 0 spiro atoms. The third-order valence-electron chi connectivity index (χ3n) is 5.09. The Morgan fingerprint density at radius 3 is 2.69 bits per heavy atom. The average Bonchev–Trinajstić information content (AvgIpc) is 3.14. The van der Waals surface area contributed by atoms with Crippen LogP contribution in [0.1, 0.15) is 40.5 Å². The zero-order valence-electron chi connectivity index (χ0n) is 17.2. The minimum absolute atomic E-state index is 0.0465. The van der Waals surface area contributed by atoms with Crippen molar-refractivity contribution in [3.63, 3.8) is 0 Å². The first-order chi connectivity index (χ1) is 13.7. The third-order valence-corrected chi connectivity index (χ3v) is 6.06. The summed E-state index contributed by atoms with van der Waals surface area (Å²) >= 11 is 1.29. The van der Waals surface area contributed by atoms with Gasteiger partial charge in [-0.05, 0) is 37.8 Å². The van der Waals surface area contributed by atoms with Crippen LogP contribution >= 0.6 is 11.8 Å². The van der Waals surface area contributed by atoms with Crippen LogP contribution in [-0.4, -0.2) is 43.7 Å². The lowest BCUT2D eigenvalue weighted by atomic mass is 10.00. The second-order valence-electron chi connectivity index (χ2n) is 7.80. The van der Waals surface area contributed by atoms with Crippen molar-refractivity contribution < 1.29 is 14.4 Å². The number of aryl methyl sites for hydroxylation is 1. The number of carbonyl (C=O) groups excluding carboxylic acids is 3. The molecular formula is C20H27N5O3S. The normalized spacial score (nSPS) is 19.3. The number of urea groups is 1. The van der Waals surface area contributed by atoms with Crippen molar-refractivity contribution >= 4 is 40.6 Å². The quantitative estimate of drug-likeness (QED) is 0.509. The molecule has 2 heterocycles. The Hall–Kier alpha value is -2.55. The largest absolute Gasteiger partial charge is 0.344 e. The first-order valence-corrected chi connectivity index (χ1v) is 10.8. The second-order valence-corrected chi connectivity index (χ2v) is 8.74. The molecule has 1 atom stereocenters. The highest BCUT2D eigenvalue weighted by Gasteiger charge is 2.47. The minimum atomic E-state index is -0.984. The van der Waals surface area contributed by atoms with Gasteiger partial charge in [0, 0.05) is 6.54 Å². The summed E-state index contributed by atoms with van der Waals surface area (Å²) in [5.74, 6) is -0.288. The predicted octanol–water partition coefficient (Wildman–Crippen LogP) is 2.93. The number of thioether (sulfide) groups is 1. The van der Waals surface area contributed by atoms with Gasteiger partial charge in [0.15, 0.2) is 5.16 Å². The standard InChI is InChI=1S/C20H27N5O3S/c1-5-20(4)17(27)25(18(28)22-20)23-16(26)12-29-19-21-14-8-6-7-9-15(14)24(19)11-10-13(2)3/h6-9,13H,5,10-12H2,1-4H3,(H,22,28)(H,23,26)/t20-/m1/s1. The summed E-state index contributed by atoms with van der Waals surface area (Å²) in [5.41, 5.74) is 3.35. The lowest BCUT2D eigenvalue weighted by Crippen LogP contribution is -2.49. The molecule has 29 heavy (non-hydrogen) atoms. The second kappa shape index (κ2) is 8.44. The highest BCUT2D eigenvalue weighted by atomic mass is 32.2. The van der Waals surface area contributed by atoms with E-state index in [1.165, 1.54) is 11.8 Å². The number of aromatic nitrogens is 2. The Bertz CT molecular complexity index is 941. The summed E-state index contributed by atoms with van der Waals surface area (Å²) in [5, 5.41) is 4.13. The number of hydrogen-bond acceptors (Lipinski definition) is 5. The molecule has 8 nitrogen and oxygen atoms in total. The molecule has 0 bridgehead atoms. The highest BCUT2D eigenvalue weighted by molar-refractivity contribution is 7.99. The molecule has 1 fully saturated rings. The molecule has 2 N–H and O–H groups in total. The molecular weight excluding hydrogens is 390 g/mol. The number of nitrogens with one attached hydrogen (secondary N) is 2. The van der Waals surface area contributed by atoms with E-state index < -0.39 is 23.4 Å². The number of fused-ring (bicyclic) bond motifs is 1. The zero-order chi connectivity index (χ0) is 21.2. The van der Waals surface area contributed by atoms with Crippen LogP contribution in [0.4, 0.5) is 4.79 Å². The minimum Gasteiger partial charge on any atom is -0.322 e. The molecule has 1 saturated heterocycles. The molecule has 0 saturated carbocycles. The Morgan fingerprint density at radius 1 is 1.31 bits per heavy atom. The summed E-state index contributed by atoms with van der Waals surface area (Å²) in [7, 11) is 0. The molecule has 3 rings (SSSR count). The van der Waals surface area contributed by atoms with Crippen LogP contribution in [0.25, 0.3) is 11.0 Å². The molecule has 1 aliphatic rings. The maximum absolute atomic E-state index is 12.4. The molecule has 0 aliphatic carbocycles. The van der Waals surface area contributed by atoms with Gasteiger partial charge in [-0.15, -0.1) is 0 Å². The Labute approximate surface area is 174 Å². The number of imide groups is 1. The Kier molecular flexibility index (Phi) is 6.16. The van der Waals surface area contributed by atoms with Crippen molar-refractivity contribution in [2.45, 2.75) is 57.8 Å². The van der Waals surface area contributed by atoms with Gasteiger partial charge in [0.25, 0.3) is 5.91 Å². The van der Waals surface area contributed by atoms with Gasteiger partial charge >= 0.3 is 6.03 Å². The highest BCUT2D eigenvalue weighted by Crippen LogP contribution is 2.25. The molecule has 156 valence electrons. The Balaban J connectivity index is 1.69. The van der Waals surface area contributed by atoms with Gasteiger partial charge in [-0.1, -0.05) is 44.7 Å². The number of rotatable bonds is 8. The van der Waals surface area contributed by atoms with Gasteiger partial charge < -0.3 is 9.88 Å². The van der Waals surface area contributed by atoms with Crippen molar-refractivity contribution in [3.8, 4) is 0 Å². The Morgan fingerprint density at radius 2 is 2.03 bits per heavy atom. The van der Waals surface area contributed by atoms with E-state index in [0.717, 1.165) is 34.2 Å².